The van der Waals surface area contributed by atoms with E-state index in [0.29, 0.717) is 11.8 Å². The first-order chi connectivity index (χ1) is 15.0. The second kappa shape index (κ2) is 10.1. The average molecular weight is 445 g/mol. The molecule has 1 aromatic carbocycles. The summed E-state index contributed by atoms with van der Waals surface area (Å²) in [6, 6.07) is 10.9. The first-order valence-electron chi connectivity index (χ1n) is 11.0. The fourth-order valence-corrected chi connectivity index (χ4v) is 6.72. The highest BCUT2D eigenvalue weighted by Crippen LogP contribution is 2.35. The van der Waals surface area contributed by atoms with Crippen molar-refractivity contribution in [3.05, 3.63) is 68.9 Å². The highest BCUT2D eigenvalue weighted by atomic mass is 32.2. The quantitative estimate of drug-likeness (QED) is 0.395. The van der Waals surface area contributed by atoms with Crippen LogP contribution >= 0.6 is 10.5 Å². The predicted octanol–water partition coefficient (Wildman–Crippen LogP) is 2.96. The summed E-state index contributed by atoms with van der Waals surface area (Å²) in [7, 11) is 3.35. The maximum atomic E-state index is 11.6. The van der Waals surface area contributed by atoms with Gasteiger partial charge in [0.2, 0.25) is 0 Å². The summed E-state index contributed by atoms with van der Waals surface area (Å²) in [5.41, 5.74) is 1.28. The first kappa shape index (κ1) is 22.2. The Hall–Kier alpha value is -2.00. The molecule has 4 rings (SSSR count). The molecule has 0 aromatic heterocycles. The average Bonchev–Trinajstić information content (AvgIpc) is 2.80. The summed E-state index contributed by atoms with van der Waals surface area (Å²) in [6.07, 6.45) is 4.19. The summed E-state index contributed by atoms with van der Waals surface area (Å²) in [5, 5.41) is 13.4. The van der Waals surface area contributed by atoms with Crippen LogP contribution in [0.2, 0.25) is 0 Å². The van der Waals surface area contributed by atoms with Gasteiger partial charge in [0.15, 0.2) is 5.76 Å². The molecule has 0 spiro atoms. The molecule has 0 aliphatic carbocycles. The molecule has 0 bridgehead atoms. The van der Waals surface area contributed by atoms with Crippen LogP contribution in [0.5, 0.6) is 0 Å². The van der Waals surface area contributed by atoms with Crippen molar-refractivity contribution in [2.45, 2.75) is 24.6 Å². The van der Waals surface area contributed by atoms with E-state index >= 15 is 0 Å². The third kappa shape index (κ3) is 5.26. The molecular weight excluding hydrogens is 412 g/mol. The van der Waals surface area contributed by atoms with Gasteiger partial charge in [0.1, 0.15) is 0 Å². The van der Waals surface area contributed by atoms with Crippen LogP contribution in [0.3, 0.4) is 0 Å². The van der Waals surface area contributed by atoms with E-state index in [9.17, 15) is 10.1 Å². The Bertz CT molecular complexity index is 883. The van der Waals surface area contributed by atoms with Gasteiger partial charge in [-0.2, -0.15) is 0 Å². The Balaban J connectivity index is 1.55. The molecule has 1 unspecified atom stereocenters. The number of hydrogen-bond acceptors (Lipinski definition) is 6. The number of likely N-dealkylation sites (N-methyl/N-ethyl adjacent to an activating group) is 1. The molecular formula is C23H32N4O3S. The van der Waals surface area contributed by atoms with E-state index in [1.54, 1.807) is 0 Å². The molecule has 0 saturated carbocycles. The van der Waals surface area contributed by atoms with Gasteiger partial charge in [-0.15, -0.1) is 10.5 Å². The van der Waals surface area contributed by atoms with E-state index < -0.39 is 0 Å². The van der Waals surface area contributed by atoms with Crippen LogP contribution in [0.25, 0.3) is 0 Å². The van der Waals surface area contributed by atoms with Gasteiger partial charge in [-0.1, -0.05) is 30.3 Å². The zero-order valence-electron chi connectivity index (χ0n) is 18.4. The minimum absolute atomic E-state index is 0.0813. The van der Waals surface area contributed by atoms with Gasteiger partial charge in [-0.3, -0.25) is 19.9 Å². The molecule has 7 nitrogen and oxygen atoms in total. The summed E-state index contributed by atoms with van der Waals surface area (Å²) in [6.45, 7) is 6.57. The normalized spacial score (nSPS) is 24.6. The zero-order valence-corrected chi connectivity index (χ0v) is 19.2. The SMILES string of the molecule is COC1=CC(N2CCC(N3CCN(C)CC3)CC2)=S(Cc2ccccc2)C=C1[N+](=O)[O-]. The van der Waals surface area contributed by atoms with Crippen LogP contribution in [0, 0.1) is 10.1 Å². The topological polar surface area (TPSA) is 62.1 Å². The lowest BCUT2D eigenvalue weighted by atomic mass is 10.0. The Labute approximate surface area is 187 Å². The first-order valence-corrected chi connectivity index (χ1v) is 12.4. The number of likely N-dealkylation sites (tertiary alicyclic amines) is 1. The highest BCUT2D eigenvalue weighted by Gasteiger charge is 2.31. The lowest BCUT2D eigenvalue weighted by Gasteiger charge is -2.42. The van der Waals surface area contributed by atoms with Gasteiger partial charge < -0.3 is 9.64 Å². The third-order valence-electron chi connectivity index (χ3n) is 6.44. The largest absolute Gasteiger partial charge is 0.490 e. The van der Waals surface area contributed by atoms with E-state index in [2.05, 4.69) is 33.9 Å². The van der Waals surface area contributed by atoms with Crippen LogP contribution in [0.4, 0.5) is 0 Å². The minimum atomic E-state index is -0.362. The van der Waals surface area contributed by atoms with E-state index in [0.717, 1.165) is 57.9 Å². The van der Waals surface area contributed by atoms with Crippen LogP contribution in [0.1, 0.15) is 18.4 Å². The van der Waals surface area contributed by atoms with Gasteiger partial charge in [-0.05, 0) is 25.5 Å². The molecule has 3 aliphatic heterocycles. The smallest absolute Gasteiger partial charge is 0.316 e. The van der Waals surface area contributed by atoms with Gasteiger partial charge in [0, 0.05) is 62.5 Å². The summed E-state index contributed by atoms with van der Waals surface area (Å²) >= 11 is 0. The number of nitrogens with zero attached hydrogens (tertiary/aromatic N) is 4. The van der Waals surface area contributed by atoms with E-state index in [1.807, 2.05) is 29.7 Å². The number of hydrogen-bond donors (Lipinski definition) is 0. The Morgan fingerprint density at radius 3 is 2.39 bits per heavy atom. The summed E-state index contributed by atoms with van der Waals surface area (Å²) in [4.78, 5) is 20.0. The van der Waals surface area contributed by atoms with Crippen molar-refractivity contribution in [3.8, 4) is 0 Å². The lowest BCUT2D eigenvalue weighted by Crippen LogP contribution is -2.52. The molecule has 0 radical (unpaired) electrons. The molecule has 2 saturated heterocycles. The summed E-state index contributed by atoms with van der Waals surface area (Å²) < 4.78 is 5.41. The molecule has 1 aromatic rings. The fraction of sp³-hybridized carbons (Fsp3) is 0.522. The van der Waals surface area contributed by atoms with E-state index in [4.69, 9.17) is 4.74 Å². The van der Waals surface area contributed by atoms with Gasteiger partial charge in [0.25, 0.3) is 0 Å². The van der Waals surface area contributed by atoms with Crippen molar-refractivity contribution in [1.29, 1.82) is 0 Å². The number of piperazine rings is 1. The number of methoxy groups -OCH3 is 1. The highest BCUT2D eigenvalue weighted by molar-refractivity contribution is 8.18. The molecule has 1 atom stereocenters. The second-order valence-electron chi connectivity index (χ2n) is 8.43. The minimum Gasteiger partial charge on any atom is -0.490 e. The van der Waals surface area contributed by atoms with Gasteiger partial charge in [0.05, 0.1) is 17.0 Å². The van der Waals surface area contributed by atoms with Crippen molar-refractivity contribution < 1.29 is 9.66 Å². The molecule has 3 heterocycles. The molecule has 2 fully saturated rings. The van der Waals surface area contributed by atoms with Crippen LogP contribution < -0.4 is 0 Å². The maximum absolute atomic E-state index is 11.6. The Morgan fingerprint density at radius 2 is 1.77 bits per heavy atom. The fourth-order valence-electron chi connectivity index (χ4n) is 4.58. The number of rotatable bonds is 5. The van der Waals surface area contributed by atoms with E-state index in [1.165, 1.54) is 17.7 Å². The van der Waals surface area contributed by atoms with Gasteiger partial charge >= 0.3 is 5.70 Å². The van der Waals surface area contributed by atoms with E-state index in [-0.39, 0.29) is 21.1 Å². The molecule has 3 aliphatic rings. The monoisotopic (exact) mass is 444 g/mol. The zero-order chi connectivity index (χ0) is 21.8. The third-order valence-corrected chi connectivity index (χ3v) is 8.51. The van der Waals surface area contributed by atoms with Crippen molar-refractivity contribution >= 4 is 15.5 Å². The number of piperidine rings is 1. The predicted molar refractivity (Wildman–Crippen MR) is 127 cm³/mol. The summed E-state index contributed by atoms with van der Waals surface area (Å²) in [5.74, 6) is 1.14. The van der Waals surface area contributed by atoms with Crippen molar-refractivity contribution in [1.82, 2.24) is 14.7 Å². The Morgan fingerprint density at radius 1 is 1.10 bits per heavy atom. The molecule has 8 heteroatoms. The number of nitro groups is 1. The number of benzene rings is 1. The molecule has 168 valence electrons. The van der Waals surface area contributed by atoms with Crippen LogP contribution in [-0.4, -0.2) is 84.1 Å². The van der Waals surface area contributed by atoms with Crippen LogP contribution in [0.15, 0.2) is 53.3 Å². The Kier molecular flexibility index (Phi) is 7.22. The van der Waals surface area contributed by atoms with Crippen molar-refractivity contribution in [2.75, 3.05) is 53.4 Å². The van der Waals surface area contributed by atoms with Crippen molar-refractivity contribution in [2.24, 2.45) is 0 Å². The second-order valence-corrected chi connectivity index (χ2v) is 10.2. The maximum Gasteiger partial charge on any atom is 0.316 e. The van der Waals surface area contributed by atoms with Gasteiger partial charge in [-0.25, -0.2) is 0 Å². The molecule has 0 N–H and O–H groups in total. The van der Waals surface area contributed by atoms with Crippen molar-refractivity contribution in [3.63, 3.8) is 0 Å². The van der Waals surface area contributed by atoms with Crippen LogP contribution in [-0.2, 0) is 10.5 Å². The number of ether oxygens (including phenoxy) is 1. The standard InChI is InChI=1S/C23H32N4O3S/c1-24-12-14-25(15-13-24)20-8-10-26(11-9-20)23-16-22(30-2)21(27(28)29)18-31(23)17-19-6-4-3-5-7-19/h3-7,16,18,20H,8-15,17H2,1-2H3. The molecule has 0 amide bonds. The lowest BCUT2D eigenvalue weighted by molar-refractivity contribution is -0.423. The molecule has 31 heavy (non-hydrogen) atoms.